The van der Waals surface area contributed by atoms with Gasteiger partial charge in [-0.15, -0.1) is 10.2 Å². The minimum absolute atomic E-state index is 0.0258. The van der Waals surface area contributed by atoms with Crippen LogP contribution in [0.5, 0.6) is 5.75 Å². The van der Waals surface area contributed by atoms with Gasteiger partial charge < -0.3 is 9.84 Å². The first-order chi connectivity index (χ1) is 11.1. The van der Waals surface area contributed by atoms with Crippen molar-refractivity contribution in [3.05, 3.63) is 47.8 Å². The second kappa shape index (κ2) is 5.84. The highest BCUT2D eigenvalue weighted by atomic mass is 19.1. The number of aromatic nitrogens is 4. The lowest BCUT2D eigenvalue weighted by Gasteiger charge is -2.10. The lowest BCUT2D eigenvalue weighted by Crippen LogP contribution is -2.02. The largest absolute Gasteiger partial charge is 0.496 e. The summed E-state index contributed by atoms with van der Waals surface area (Å²) >= 11 is 0. The minimum Gasteiger partial charge on any atom is -0.496 e. The molecule has 116 valence electrons. The summed E-state index contributed by atoms with van der Waals surface area (Å²) in [7, 11) is 1.29. The number of carbonyl (C=O) groups is 1. The molecule has 3 rings (SSSR count). The average molecular weight is 314 g/mol. The molecule has 7 nitrogen and oxygen atoms in total. The Morgan fingerprint density at radius 2 is 1.91 bits per heavy atom. The molecule has 8 heteroatoms. The van der Waals surface area contributed by atoms with E-state index in [-0.39, 0.29) is 16.9 Å². The number of carboxylic acids is 1. The molecule has 2 N–H and O–H groups in total. The molecule has 0 aliphatic heterocycles. The Labute approximate surface area is 129 Å². The molecule has 0 fully saturated rings. The van der Waals surface area contributed by atoms with Crippen LogP contribution in [0.25, 0.3) is 22.5 Å². The molecule has 3 aromatic rings. The molecule has 0 spiro atoms. The van der Waals surface area contributed by atoms with Crippen LogP contribution in [0, 0.1) is 5.82 Å². The topological polar surface area (TPSA) is 101 Å². The predicted octanol–water partition coefficient (Wildman–Crippen LogP) is 2.38. The first-order valence-electron chi connectivity index (χ1n) is 6.55. The molecular formula is C15H11FN4O3. The second-order valence-electron chi connectivity index (χ2n) is 4.65. The molecule has 0 atom stereocenters. The lowest BCUT2D eigenvalue weighted by molar-refractivity contribution is 0.0693. The van der Waals surface area contributed by atoms with Gasteiger partial charge in [-0.3, -0.25) is 0 Å². The number of rotatable bonds is 4. The first-order valence-corrected chi connectivity index (χ1v) is 6.55. The van der Waals surface area contributed by atoms with Crippen molar-refractivity contribution in [3.8, 4) is 28.3 Å². The maximum absolute atomic E-state index is 14.2. The van der Waals surface area contributed by atoms with Crippen LogP contribution in [0.3, 0.4) is 0 Å². The van der Waals surface area contributed by atoms with Gasteiger partial charge in [0.2, 0.25) is 5.82 Å². The fourth-order valence-electron chi connectivity index (χ4n) is 2.20. The van der Waals surface area contributed by atoms with Crippen molar-refractivity contribution in [1.29, 1.82) is 0 Å². The van der Waals surface area contributed by atoms with E-state index in [4.69, 9.17) is 4.74 Å². The van der Waals surface area contributed by atoms with Crippen LogP contribution < -0.4 is 4.74 Å². The van der Waals surface area contributed by atoms with Crippen LogP contribution >= 0.6 is 0 Å². The van der Waals surface area contributed by atoms with E-state index in [0.717, 1.165) is 6.07 Å². The number of hydrogen-bond donors (Lipinski definition) is 2. The molecule has 0 bridgehead atoms. The maximum atomic E-state index is 14.2. The number of ether oxygens (including phenoxy) is 1. The predicted molar refractivity (Wildman–Crippen MR) is 78.5 cm³/mol. The van der Waals surface area contributed by atoms with E-state index in [0.29, 0.717) is 17.0 Å². The number of tetrazole rings is 1. The van der Waals surface area contributed by atoms with Crippen molar-refractivity contribution >= 4 is 5.97 Å². The van der Waals surface area contributed by atoms with Gasteiger partial charge in [0.05, 0.1) is 7.11 Å². The summed E-state index contributed by atoms with van der Waals surface area (Å²) in [6.45, 7) is 0. The number of aromatic amines is 1. The second-order valence-corrected chi connectivity index (χ2v) is 4.65. The van der Waals surface area contributed by atoms with Crippen LogP contribution in [-0.4, -0.2) is 38.8 Å². The maximum Gasteiger partial charge on any atom is 0.339 e. The zero-order chi connectivity index (χ0) is 16.4. The van der Waals surface area contributed by atoms with Gasteiger partial charge in [-0.05, 0) is 16.8 Å². The average Bonchev–Trinajstić information content (AvgIpc) is 3.09. The smallest absolute Gasteiger partial charge is 0.339 e. The van der Waals surface area contributed by atoms with Crippen LogP contribution in [-0.2, 0) is 0 Å². The van der Waals surface area contributed by atoms with Gasteiger partial charge in [-0.2, -0.15) is 5.21 Å². The van der Waals surface area contributed by atoms with Crippen LogP contribution in [0.2, 0.25) is 0 Å². The van der Waals surface area contributed by atoms with Gasteiger partial charge in [0, 0.05) is 17.2 Å². The summed E-state index contributed by atoms with van der Waals surface area (Å²) in [6.07, 6.45) is 0. The Hall–Kier alpha value is -3.29. The van der Waals surface area contributed by atoms with E-state index in [1.165, 1.54) is 13.2 Å². The fraction of sp³-hybridized carbons (Fsp3) is 0.0667. The van der Waals surface area contributed by atoms with E-state index in [2.05, 4.69) is 20.6 Å². The van der Waals surface area contributed by atoms with Gasteiger partial charge in [0.25, 0.3) is 0 Å². The number of hydrogen-bond acceptors (Lipinski definition) is 5. The van der Waals surface area contributed by atoms with Gasteiger partial charge in [-0.1, -0.05) is 24.3 Å². The Morgan fingerprint density at radius 3 is 2.48 bits per heavy atom. The van der Waals surface area contributed by atoms with Gasteiger partial charge in [0.1, 0.15) is 17.1 Å². The van der Waals surface area contributed by atoms with Crippen LogP contribution in [0.4, 0.5) is 4.39 Å². The third-order valence-corrected chi connectivity index (χ3v) is 3.32. The number of methoxy groups -OCH3 is 1. The number of aromatic carboxylic acids is 1. The molecule has 0 saturated carbocycles. The molecular weight excluding hydrogens is 303 g/mol. The van der Waals surface area contributed by atoms with Crippen molar-refractivity contribution in [1.82, 2.24) is 20.6 Å². The first kappa shape index (κ1) is 14.6. The number of benzene rings is 2. The summed E-state index contributed by atoms with van der Waals surface area (Å²) in [4.78, 5) is 11.3. The number of nitrogens with zero attached hydrogens (tertiary/aromatic N) is 3. The van der Waals surface area contributed by atoms with Crippen LogP contribution in [0.1, 0.15) is 10.4 Å². The molecule has 0 radical (unpaired) electrons. The van der Waals surface area contributed by atoms with Gasteiger partial charge >= 0.3 is 5.97 Å². The van der Waals surface area contributed by atoms with Crippen molar-refractivity contribution < 1.29 is 19.0 Å². The van der Waals surface area contributed by atoms with Crippen LogP contribution in [0.15, 0.2) is 36.4 Å². The van der Waals surface area contributed by atoms with Crippen molar-refractivity contribution in [2.45, 2.75) is 0 Å². The van der Waals surface area contributed by atoms with E-state index >= 15 is 0 Å². The molecule has 0 unspecified atom stereocenters. The van der Waals surface area contributed by atoms with E-state index in [9.17, 15) is 14.3 Å². The van der Waals surface area contributed by atoms with E-state index in [1.807, 2.05) is 0 Å². The molecule has 0 aliphatic rings. The monoisotopic (exact) mass is 314 g/mol. The van der Waals surface area contributed by atoms with Gasteiger partial charge in [-0.25, -0.2) is 9.18 Å². The Morgan fingerprint density at radius 1 is 1.22 bits per heavy atom. The quantitative estimate of drug-likeness (QED) is 0.766. The minimum atomic E-state index is -1.19. The summed E-state index contributed by atoms with van der Waals surface area (Å²) < 4.78 is 19.1. The highest BCUT2D eigenvalue weighted by Crippen LogP contribution is 2.31. The standard InChI is InChI=1S/C15H11FN4O3/c1-23-13-7-12(16)10(6-11(13)15(21)22)8-2-4-9(5-3-8)14-17-19-20-18-14/h2-7H,1H3,(H,21,22)(H,17,18,19,20). The van der Waals surface area contributed by atoms with Gasteiger partial charge in [0.15, 0.2) is 0 Å². The number of halogens is 1. The molecule has 23 heavy (non-hydrogen) atoms. The fourth-order valence-corrected chi connectivity index (χ4v) is 2.20. The Bertz CT molecular complexity index is 848. The van der Waals surface area contributed by atoms with Crippen molar-refractivity contribution in [2.24, 2.45) is 0 Å². The molecule has 0 amide bonds. The Kier molecular flexibility index (Phi) is 3.71. The highest BCUT2D eigenvalue weighted by molar-refractivity contribution is 5.93. The summed E-state index contributed by atoms with van der Waals surface area (Å²) in [5.41, 5.74) is 1.30. The molecule has 1 heterocycles. The van der Waals surface area contributed by atoms with E-state index < -0.39 is 11.8 Å². The molecule has 0 aliphatic carbocycles. The third-order valence-electron chi connectivity index (χ3n) is 3.32. The zero-order valence-corrected chi connectivity index (χ0v) is 11.9. The Balaban J connectivity index is 2.04. The summed E-state index contributed by atoms with van der Waals surface area (Å²) in [5.74, 6) is -1.37. The number of carboxylic acid groups (broad SMARTS) is 1. The third kappa shape index (κ3) is 2.73. The van der Waals surface area contributed by atoms with E-state index in [1.54, 1.807) is 24.3 Å². The SMILES string of the molecule is COc1cc(F)c(-c2ccc(-c3nn[nH]n3)cc2)cc1C(=O)O. The summed E-state index contributed by atoms with van der Waals surface area (Å²) in [5, 5.41) is 22.7. The zero-order valence-electron chi connectivity index (χ0n) is 11.9. The molecule has 2 aromatic carbocycles. The highest BCUT2D eigenvalue weighted by Gasteiger charge is 2.17. The lowest BCUT2D eigenvalue weighted by atomic mass is 10.00. The van der Waals surface area contributed by atoms with Crippen molar-refractivity contribution in [3.63, 3.8) is 0 Å². The van der Waals surface area contributed by atoms with Crippen molar-refractivity contribution in [2.75, 3.05) is 7.11 Å². The summed E-state index contributed by atoms with van der Waals surface area (Å²) in [6, 6.07) is 9.02. The molecule has 0 saturated heterocycles. The normalized spacial score (nSPS) is 10.5. The number of H-pyrrole nitrogens is 1. The molecule has 1 aromatic heterocycles. The number of nitrogens with one attached hydrogen (secondary N) is 1.